The lowest BCUT2D eigenvalue weighted by Crippen LogP contribution is -2.23. The predicted molar refractivity (Wildman–Crippen MR) is 106 cm³/mol. The molecule has 2 aromatic carbocycles. The number of aryl methyl sites for hydroxylation is 3. The second-order valence-corrected chi connectivity index (χ2v) is 6.90. The second kappa shape index (κ2) is 10.6. The number of alkyl halides is 3. The zero-order chi connectivity index (χ0) is 22.1. The number of carbonyl (C=O) groups excluding carboxylic acids is 1. The van der Waals surface area contributed by atoms with Crippen molar-refractivity contribution in [1.29, 1.82) is 0 Å². The molecule has 1 amide bonds. The number of rotatable bonds is 10. The molecule has 0 aliphatic rings. The molecule has 6 nitrogen and oxygen atoms in total. The number of nitrogens with zero attached hydrogens (tertiary/aromatic N) is 2. The number of ether oxygens (including phenoxy) is 1. The molecule has 0 fully saturated rings. The number of carbonyl (C=O) groups is 1. The Bertz CT molecular complexity index is 957. The van der Waals surface area contributed by atoms with Crippen LogP contribution < -0.4 is 10.1 Å². The minimum absolute atomic E-state index is 0.168. The molecule has 0 spiro atoms. The van der Waals surface area contributed by atoms with Crippen LogP contribution in [-0.4, -0.2) is 22.5 Å². The minimum Gasteiger partial charge on any atom is -0.425 e. The SMILES string of the molecule is O=C(CCc1nnc(CCCc2ccccc2)o1)NCc1ccc(OC(F)(F)F)cc1. The lowest BCUT2D eigenvalue weighted by Gasteiger charge is -2.09. The Balaban J connectivity index is 1.35. The van der Waals surface area contributed by atoms with Gasteiger partial charge >= 0.3 is 6.36 Å². The maximum atomic E-state index is 12.2. The average molecular weight is 433 g/mol. The van der Waals surface area contributed by atoms with Crippen molar-refractivity contribution in [2.45, 2.75) is 45.0 Å². The third-order valence-corrected chi connectivity index (χ3v) is 4.42. The van der Waals surface area contributed by atoms with E-state index in [9.17, 15) is 18.0 Å². The molecule has 3 rings (SSSR count). The first kappa shape index (κ1) is 22.3. The summed E-state index contributed by atoms with van der Waals surface area (Å²) < 4.78 is 45.9. The molecule has 31 heavy (non-hydrogen) atoms. The van der Waals surface area contributed by atoms with E-state index in [1.165, 1.54) is 29.8 Å². The monoisotopic (exact) mass is 433 g/mol. The van der Waals surface area contributed by atoms with Crippen LogP contribution in [0.3, 0.4) is 0 Å². The number of nitrogens with one attached hydrogen (secondary N) is 1. The van der Waals surface area contributed by atoms with E-state index < -0.39 is 6.36 Å². The summed E-state index contributed by atoms with van der Waals surface area (Å²) in [6.45, 7) is 0.194. The largest absolute Gasteiger partial charge is 0.573 e. The Morgan fingerprint density at radius 3 is 2.26 bits per heavy atom. The number of amides is 1. The first-order chi connectivity index (χ1) is 14.9. The van der Waals surface area contributed by atoms with Gasteiger partial charge in [-0.3, -0.25) is 4.79 Å². The fraction of sp³-hybridized carbons (Fsp3) is 0.318. The Labute approximate surface area is 177 Å². The van der Waals surface area contributed by atoms with Gasteiger partial charge in [0.2, 0.25) is 17.7 Å². The number of hydrogen-bond acceptors (Lipinski definition) is 5. The first-order valence-electron chi connectivity index (χ1n) is 9.84. The van der Waals surface area contributed by atoms with Crippen molar-refractivity contribution < 1.29 is 27.1 Å². The summed E-state index contributed by atoms with van der Waals surface area (Å²) in [6.07, 6.45) is -1.77. The molecule has 9 heteroatoms. The van der Waals surface area contributed by atoms with E-state index in [0.29, 0.717) is 30.2 Å². The zero-order valence-electron chi connectivity index (χ0n) is 16.7. The molecule has 0 aliphatic heterocycles. The van der Waals surface area contributed by atoms with Crippen molar-refractivity contribution in [1.82, 2.24) is 15.5 Å². The molecule has 164 valence electrons. The molecular weight excluding hydrogens is 411 g/mol. The van der Waals surface area contributed by atoms with Gasteiger partial charge in [0.25, 0.3) is 0 Å². The molecule has 1 N–H and O–H groups in total. The van der Waals surface area contributed by atoms with Gasteiger partial charge in [-0.15, -0.1) is 23.4 Å². The highest BCUT2D eigenvalue weighted by Crippen LogP contribution is 2.22. The van der Waals surface area contributed by atoms with Gasteiger partial charge in [0.15, 0.2) is 0 Å². The van der Waals surface area contributed by atoms with Crippen molar-refractivity contribution in [3.63, 3.8) is 0 Å². The summed E-state index contributed by atoms with van der Waals surface area (Å²) in [5.74, 6) is 0.420. The van der Waals surface area contributed by atoms with Crippen molar-refractivity contribution in [3.8, 4) is 5.75 Å². The van der Waals surface area contributed by atoms with E-state index in [1.54, 1.807) is 0 Å². The van der Waals surface area contributed by atoms with E-state index in [0.717, 1.165) is 12.8 Å². The molecule has 3 aromatic rings. The Morgan fingerprint density at radius 2 is 1.58 bits per heavy atom. The van der Waals surface area contributed by atoms with Crippen molar-refractivity contribution in [2.75, 3.05) is 0 Å². The first-order valence-corrected chi connectivity index (χ1v) is 9.84. The lowest BCUT2D eigenvalue weighted by molar-refractivity contribution is -0.274. The van der Waals surface area contributed by atoms with Gasteiger partial charge in [-0.1, -0.05) is 42.5 Å². The van der Waals surface area contributed by atoms with Gasteiger partial charge in [0.05, 0.1) is 0 Å². The summed E-state index contributed by atoms with van der Waals surface area (Å²) in [5, 5.41) is 10.7. The van der Waals surface area contributed by atoms with E-state index in [1.807, 2.05) is 18.2 Å². The van der Waals surface area contributed by atoms with Crippen LogP contribution >= 0.6 is 0 Å². The molecule has 1 heterocycles. The van der Waals surface area contributed by atoms with Gasteiger partial charge in [-0.05, 0) is 36.1 Å². The third kappa shape index (κ3) is 8.12. The fourth-order valence-electron chi connectivity index (χ4n) is 2.90. The Hall–Kier alpha value is -3.36. The Morgan fingerprint density at radius 1 is 0.903 bits per heavy atom. The highest BCUT2D eigenvalue weighted by molar-refractivity contribution is 5.76. The molecule has 0 aliphatic carbocycles. The van der Waals surface area contributed by atoms with Gasteiger partial charge in [0.1, 0.15) is 5.75 Å². The topological polar surface area (TPSA) is 77.2 Å². The molecule has 0 atom stereocenters. The van der Waals surface area contributed by atoms with Gasteiger partial charge < -0.3 is 14.5 Å². The quantitative estimate of drug-likeness (QED) is 0.513. The average Bonchev–Trinajstić information content (AvgIpc) is 3.19. The predicted octanol–water partition coefficient (Wildman–Crippen LogP) is 4.39. The zero-order valence-corrected chi connectivity index (χ0v) is 16.7. The van der Waals surface area contributed by atoms with Crippen LogP contribution in [0.2, 0.25) is 0 Å². The van der Waals surface area contributed by atoms with E-state index >= 15 is 0 Å². The molecule has 0 radical (unpaired) electrons. The van der Waals surface area contributed by atoms with Crippen LogP contribution in [0.25, 0.3) is 0 Å². The van der Waals surface area contributed by atoms with Gasteiger partial charge in [-0.2, -0.15) is 0 Å². The standard InChI is InChI=1S/C22H22F3N3O3/c23-22(24,25)31-18-11-9-17(10-12-18)15-26-19(29)13-14-21-28-27-20(30-21)8-4-7-16-5-2-1-3-6-16/h1-3,5-6,9-12H,4,7-8,13-15H2,(H,26,29). The van der Waals surface area contributed by atoms with Crippen molar-refractivity contribution >= 4 is 5.91 Å². The fourth-order valence-corrected chi connectivity index (χ4v) is 2.90. The third-order valence-electron chi connectivity index (χ3n) is 4.42. The number of halogens is 3. The van der Waals surface area contributed by atoms with E-state index in [4.69, 9.17) is 4.42 Å². The second-order valence-electron chi connectivity index (χ2n) is 6.90. The minimum atomic E-state index is -4.73. The van der Waals surface area contributed by atoms with Crippen LogP contribution in [0.1, 0.15) is 35.7 Å². The van der Waals surface area contributed by atoms with Crippen molar-refractivity contribution in [2.24, 2.45) is 0 Å². The van der Waals surface area contributed by atoms with E-state index in [-0.39, 0.29) is 24.6 Å². The number of aromatic nitrogens is 2. The smallest absolute Gasteiger partial charge is 0.425 e. The summed E-state index contributed by atoms with van der Waals surface area (Å²) in [7, 11) is 0. The van der Waals surface area contributed by atoms with Crippen molar-refractivity contribution in [3.05, 3.63) is 77.5 Å². The molecule has 0 unspecified atom stereocenters. The van der Waals surface area contributed by atoms with Crippen LogP contribution in [0.5, 0.6) is 5.75 Å². The Kier molecular flexibility index (Phi) is 7.64. The summed E-state index contributed by atoms with van der Waals surface area (Å²) in [5.41, 5.74) is 1.91. The summed E-state index contributed by atoms with van der Waals surface area (Å²) >= 11 is 0. The van der Waals surface area contributed by atoms with Gasteiger partial charge in [0, 0.05) is 25.8 Å². The normalized spacial score (nSPS) is 11.3. The highest BCUT2D eigenvalue weighted by atomic mass is 19.4. The van der Waals surface area contributed by atoms with E-state index in [2.05, 4.69) is 32.4 Å². The molecule has 0 saturated heterocycles. The lowest BCUT2D eigenvalue weighted by atomic mass is 10.1. The molecule has 0 bridgehead atoms. The maximum absolute atomic E-state index is 12.2. The summed E-state index contributed by atoms with van der Waals surface area (Å²) in [4.78, 5) is 12.0. The highest BCUT2D eigenvalue weighted by Gasteiger charge is 2.30. The molecule has 1 aromatic heterocycles. The number of benzene rings is 2. The summed E-state index contributed by atoms with van der Waals surface area (Å²) in [6, 6.07) is 15.4. The van der Waals surface area contributed by atoms with Gasteiger partial charge in [-0.25, -0.2) is 0 Å². The molecular formula is C22H22F3N3O3. The number of hydrogen-bond donors (Lipinski definition) is 1. The van der Waals surface area contributed by atoms with Crippen LogP contribution in [-0.2, 0) is 30.6 Å². The maximum Gasteiger partial charge on any atom is 0.573 e. The van der Waals surface area contributed by atoms with Crippen LogP contribution in [0, 0.1) is 0 Å². The van der Waals surface area contributed by atoms with Crippen LogP contribution in [0.15, 0.2) is 59.0 Å². The van der Waals surface area contributed by atoms with Crippen LogP contribution in [0.4, 0.5) is 13.2 Å². The molecule has 0 saturated carbocycles.